The summed E-state index contributed by atoms with van der Waals surface area (Å²) in [5.41, 5.74) is 0.722. The predicted octanol–water partition coefficient (Wildman–Crippen LogP) is 4.35. The first-order valence-corrected chi connectivity index (χ1v) is 7.08. The molecule has 1 N–H and O–H groups in total. The van der Waals surface area contributed by atoms with Crippen molar-refractivity contribution in [2.45, 2.75) is 51.6 Å². The van der Waals surface area contributed by atoms with Crippen LogP contribution in [0.3, 0.4) is 0 Å². The van der Waals surface area contributed by atoms with Gasteiger partial charge in [-0.2, -0.15) is 0 Å². The van der Waals surface area contributed by atoms with Crippen LogP contribution in [-0.2, 0) is 6.42 Å². The molecule has 1 nitrogen and oxygen atoms in total. The van der Waals surface area contributed by atoms with Gasteiger partial charge in [-0.05, 0) is 36.3 Å². The Hall–Kier alpha value is -0.600. The average molecular weight is 271 g/mol. The lowest BCUT2D eigenvalue weighted by molar-refractivity contribution is 0.0257. The normalized spacial score (nSPS) is 20.0. The molecule has 1 unspecified atom stereocenters. The lowest BCUT2D eigenvalue weighted by Gasteiger charge is -2.33. The Morgan fingerprint density at radius 1 is 1.39 bits per heavy atom. The summed E-state index contributed by atoms with van der Waals surface area (Å²) in [5, 5.41) is 10.6. The third kappa shape index (κ3) is 2.55. The quantitative estimate of drug-likeness (QED) is 0.862. The van der Waals surface area contributed by atoms with Crippen molar-refractivity contribution in [3.63, 3.8) is 0 Å². The molecular formula is C15H20ClFO. The molecule has 18 heavy (non-hydrogen) atoms. The zero-order chi connectivity index (χ0) is 13.2. The summed E-state index contributed by atoms with van der Waals surface area (Å²) < 4.78 is 13.4. The largest absolute Gasteiger partial charge is 0.392 e. The molecule has 100 valence electrons. The zero-order valence-electron chi connectivity index (χ0n) is 10.8. The van der Waals surface area contributed by atoms with E-state index in [0.717, 1.165) is 19.3 Å². The van der Waals surface area contributed by atoms with E-state index in [2.05, 4.69) is 6.92 Å². The summed E-state index contributed by atoms with van der Waals surface area (Å²) in [4.78, 5) is 0. The molecule has 3 heteroatoms. The molecule has 1 aromatic rings. The SMILES string of the molecule is CCC1(C(O)Cc2cccc(F)c2Cl)CCCC1. The van der Waals surface area contributed by atoms with E-state index in [1.807, 2.05) is 0 Å². The highest BCUT2D eigenvalue weighted by Gasteiger charge is 2.38. The highest BCUT2D eigenvalue weighted by molar-refractivity contribution is 6.31. The van der Waals surface area contributed by atoms with E-state index in [1.165, 1.54) is 18.9 Å². The van der Waals surface area contributed by atoms with Gasteiger partial charge in [-0.25, -0.2) is 4.39 Å². The van der Waals surface area contributed by atoms with Crippen molar-refractivity contribution < 1.29 is 9.50 Å². The molecular weight excluding hydrogens is 251 g/mol. The zero-order valence-corrected chi connectivity index (χ0v) is 11.5. The number of hydrogen-bond donors (Lipinski definition) is 1. The molecule has 0 aliphatic heterocycles. The maximum atomic E-state index is 13.4. The topological polar surface area (TPSA) is 20.2 Å². The molecule has 2 rings (SSSR count). The highest BCUT2D eigenvalue weighted by Crippen LogP contribution is 2.45. The number of aliphatic hydroxyl groups is 1. The van der Waals surface area contributed by atoms with E-state index in [9.17, 15) is 9.50 Å². The number of rotatable bonds is 4. The van der Waals surface area contributed by atoms with Crippen LogP contribution in [0.5, 0.6) is 0 Å². The molecule has 1 atom stereocenters. The fourth-order valence-corrected chi connectivity index (χ4v) is 3.34. The van der Waals surface area contributed by atoms with Crippen molar-refractivity contribution in [3.8, 4) is 0 Å². The molecule has 1 aliphatic carbocycles. The fraction of sp³-hybridized carbons (Fsp3) is 0.600. The van der Waals surface area contributed by atoms with Crippen molar-refractivity contribution in [1.82, 2.24) is 0 Å². The van der Waals surface area contributed by atoms with E-state index in [-0.39, 0.29) is 10.4 Å². The second kappa shape index (κ2) is 5.58. The van der Waals surface area contributed by atoms with Crippen LogP contribution in [0.15, 0.2) is 18.2 Å². The van der Waals surface area contributed by atoms with Crippen molar-refractivity contribution in [1.29, 1.82) is 0 Å². The monoisotopic (exact) mass is 270 g/mol. The van der Waals surface area contributed by atoms with Gasteiger partial charge in [0.2, 0.25) is 0 Å². The number of benzene rings is 1. The molecule has 1 saturated carbocycles. The first-order chi connectivity index (χ1) is 8.59. The van der Waals surface area contributed by atoms with Crippen LogP contribution in [0.25, 0.3) is 0 Å². The van der Waals surface area contributed by atoms with Crippen molar-refractivity contribution in [3.05, 3.63) is 34.6 Å². The lowest BCUT2D eigenvalue weighted by atomic mass is 9.76. The fourth-order valence-electron chi connectivity index (χ4n) is 3.13. The van der Waals surface area contributed by atoms with Gasteiger partial charge in [0.05, 0.1) is 11.1 Å². The molecule has 0 amide bonds. The van der Waals surface area contributed by atoms with Crippen molar-refractivity contribution in [2.75, 3.05) is 0 Å². The summed E-state index contributed by atoms with van der Waals surface area (Å²) in [6.45, 7) is 2.13. The number of aliphatic hydroxyl groups excluding tert-OH is 1. The van der Waals surface area contributed by atoms with Crippen LogP contribution in [-0.4, -0.2) is 11.2 Å². The van der Waals surface area contributed by atoms with Gasteiger partial charge < -0.3 is 5.11 Å². The molecule has 0 saturated heterocycles. The summed E-state index contributed by atoms with van der Waals surface area (Å²) in [6, 6.07) is 4.80. The van der Waals surface area contributed by atoms with Gasteiger partial charge in [0.15, 0.2) is 0 Å². The molecule has 0 bridgehead atoms. The van der Waals surface area contributed by atoms with Gasteiger partial charge in [-0.3, -0.25) is 0 Å². The van der Waals surface area contributed by atoms with Crippen LogP contribution < -0.4 is 0 Å². The third-order valence-electron chi connectivity index (χ3n) is 4.46. The smallest absolute Gasteiger partial charge is 0.142 e. The van der Waals surface area contributed by atoms with Gasteiger partial charge in [-0.15, -0.1) is 0 Å². The van der Waals surface area contributed by atoms with Gasteiger partial charge in [0.1, 0.15) is 5.82 Å². The number of hydrogen-bond acceptors (Lipinski definition) is 1. The third-order valence-corrected chi connectivity index (χ3v) is 4.88. The Balaban J connectivity index is 2.15. The van der Waals surface area contributed by atoms with E-state index in [0.29, 0.717) is 12.0 Å². The minimum Gasteiger partial charge on any atom is -0.392 e. The molecule has 1 fully saturated rings. The second-order valence-electron chi connectivity index (χ2n) is 5.36. The van der Waals surface area contributed by atoms with Crippen LogP contribution in [0.2, 0.25) is 5.02 Å². The molecule has 1 aliphatic rings. The van der Waals surface area contributed by atoms with Crippen LogP contribution in [0.1, 0.15) is 44.6 Å². The average Bonchev–Trinajstić information content (AvgIpc) is 2.85. The molecule has 0 spiro atoms. The van der Waals surface area contributed by atoms with Gasteiger partial charge >= 0.3 is 0 Å². The first-order valence-electron chi connectivity index (χ1n) is 6.70. The van der Waals surface area contributed by atoms with Crippen molar-refractivity contribution >= 4 is 11.6 Å². The van der Waals surface area contributed by atoms with E-state index in [4.69, 9.17) is 11.6 Å². The second-order valence-corrected chi connectivity index (χ2v) is 5.73. The summed E-state index contributed by atoms with van der Waals surface area (Å²) >= 11 is 5.95. The summed E-state index contributed by atoms with van der Waals surface area (Å²) in [6.07, 6.45) is 5.49. The van der Waals surface area contributed by atoms with Crippen LogP contribution in [0, 0.1) is 11.2 Å². The van der Waals surface area contributed by atoms with E-state index in [1.54, 1.807) is 12.1 Å². The molecule has 0 radical (unpaired) electrons. The minimum absolute atomic E-state index is 0.00957. The Labute approximate surface area is 113 Å². The van der Waals surface area contributed by atoms with Crippen LogP contribution in [0.4, 0.5) is 4.39 Å². The van der Waals surface area contributed by atoms with Gasteiger partial charge in [0, 0.05) is 6.42 Å². The molecule has 0 aromatic heterocycles. The Morgan fingerprint density at radius 3 is 2.67 bits per heavy atom. The maximum Gasteiger partial charge on any atom is 0.142 e. The lowest BCUT2D eigenvalue weighted by Crippen LogP contribution is -2.33. The van der Waals surface area contributed by atoms with Crippen LogP contribution >= 0.6 is 11.6 Å². The molecule has 0 heterocycles. The Kier molecular flexibility index (Phi) is 4.29. The maximum absolute atomic E-state index is 13.4. The van der Waals surface area contributed by atoms with E-state index >= 15 is 0 Å². The first kappa shape index (κ1) is 13.8. The summed E-state index contributed by atoms with van der Waals surface area (Å²) in [5.74, 6) is -0.404. The predicted molar refractivity (Wildman–Crippen MR) is 72.3 cm³/mol. The van der Waals surface area contributed by atoms with Gasteiger partial charge in [-0.1, -0.05) is 43.5 Å². The van der Waals surface area contributed by atoms with Gasteiger partial charge in [0.25, 0.3) is 0 Å². The Bertz CT molecular complexity index is 413. The highest BCUT2D eigenvalue weighted by atomic mass is 35.5. The summed E-state index contributed by atoms with van der Waals surface area (Å²) in [7, 11) is 0. The Morgan fingerprint density at radius 2 is 2.06 bits per heavy atom. The standard InChI is InChI=1S/C15H20ClFO/c1-2-15(8-3-4-9-15)13(18)10-11-6-5-7-12(17)14(11)16/h5-7,13,18H,2-4,8-10H2,1H3. The van der Waals surface area contributed by atoms with E-state index < -0.39 is 11.9 Å². The number of halogens is 2. The minimum atomic E-state index is -0.427. The van der Waals surface area contributed by atoms with Crippen molar-refractivity contribution in [2.24, 2.45) is 5.41 Å². The molecule has 1 aromatic carbocycles.